The van der Waals surface area contributed by atoms with E-state index in [9.17, 15) is 18.3 Å². The van der Waals surface area contributed by atoms with Crippen molar-refractivity contribution in [1.82, 2.24) is 4.98 Å². The summed E-state index contributed by atoms with van der Waals surface area (Å²) in [5.74, 6) is 0.494. The first-order valence-electron chi connectivity index (χ1n) is 6.51. The van der Waals surface area contributed by atoms with E-state index in [4.69, 9.17) is 4.74 Å². The van der Waals surface area contributed by atoms with E-state index in [1.807, 2.05) is 13.8 Å². The molecule has 3 nitrogen and oxygen atoms in total. The van der Waals surface area contributed by atoms with Gasteiger partial charge < -0.3 is 9.84 Å². The van der Waals surface area contributed by atoms with Gasteiger partial charge in [-0.05, 0) is 39.7 Å². The minimum Gasteiger partial charge on any atom is -0.489 e. The number of alkyl halides is 3. The molecule has 114 valence electrons. The van der Waals surface area contributed by atoms with Crippen LogP contribution in [0.15, 0.2) is 18.5 Å². The van der Waals surface area contributed by atoms with Gasteiger partial charge in [0, 0.05) is 18.2 Å². The number of rotatable bonds is 6. The molecule has 1 rings (SSSR count). The first-order valence-corrected chi connectivity index (χ1v) is 6.51. The molecule has 1 aromatic rings. The second kappa shape index (κ2) is 6.43. The molecule has 1 atom stereocenters. The van der Waals surface area contributed by atoms with E-state index in [-0.39, 0.29) is 18.9 Å². The third-order valence-electron chi connectivity index (χ3n) is 2.83. The minimum atomic E-state index is -4.20. The molecule has 0 amide bonds. The Morgan fingerprint density at radius 2 is 1.90 bits per heavy atom. The molecule has 0 bridgehead atoms. The molecule has 0 radical (unpaired) electrons. The molecule has 1 unspecified atom stereocenters. The highest BCUT2D eigenvalue weighted by molar-refractivity contribution is 5.27. The average Bonchev–Trinajstić information content (AvgIpc) is 2.26. The van der Waals surface area contributed by atoms with Crippen LogP contribution in [-0.2, 0) is 5.60 Å². The summed E-state index contributed by atoms with van der Waals surface area (Å²) in [5, 5.41) is 10.3. The molecule has 1 heterocycles. The molecule has 0 fully saturated rings. The highest BCUT2D eigenvalue weighted by Crippen LogP contribution is 2.31. The SMILES string of the molecule is CC(C)Oc1cncc(C(C)(O)CCCC(F)(F)F)c1. The summed E-state index contributed by atoms with van der Waals surface area (Å²) in [7, 11) is 0. The highest BCUT2D eigenvalue weighted by Gasteiger charge is 2.30. The van der Waals surface area contributed by atoms with E-state index in [0.717, 1.165) is 0 Å². The summed E-state index contributed by atoms with van der Waals surface area (Å²) in [4.78, 5) is 3.95. The predicted molar refractivity (Wildman–Crippen MR) is 69.5 cm³/mol. The van der Waals surface area contributed by atoms with Gasteiger partial charge in [-0.25, -0.2) is 0 Å². The molecular formula is C14H20F3NO2. The summed E-state index contributed by atoms with van der Waals surface area (Å²) in [5.41, 5.74) is -0.896. The Bertz CT molecular complexity index is 431. The van der Waals surface area contributed by atoms with Crippen molar-refractivity contribution in [2.24, 2.45) is 0 Å². The summed E-state index contributed by atoms with van der Waals surface area (Å²) < 4.78 is 41.8. The smallest absolute Gasteiger partial charge is 0.389 e. The zero-order chi connectivity index (χ0) is 15.4. The molecular weight excluding hydrogens is 271 g/mol. The van der Waals surface area contributed by atoms with Crippen LogP contribution in [0.4, 0.5) is 13.2 Å². The summed E-state index contributed by atoms with van der Waals surface area (Å²) >= 11 is 0. The molecule has 20 heavy (non-hydrogen) atoms. The molecule has 0 aliphatic carbocycles. The predicted octanol–water partition coefficient (Wildman–Crippen LogP) is 3.81. The lowest BCUT2D eigenvalue weighted by Crippen LogP contribution is -2.22. The lowest BCUT2D eigenvalue weighted by Gasteiger charge is -2.24. The molecule has 1 N–H and O–H groups in total. The molecule has 0 aliphatic heterocycles. The van der Waals surface area contributed by atoms with Crippen LogP contribution in [-0.4, -0.2) is 22.4 Å². The Labute approximate surface area is 116 Å². The second-order valence-electron chi connectivity index (χ2n) is 5.32. The molecule has 0 saturated heterocycles. The van der Waals surface area contributed by atoms with E-state index in [0.29, 0.717) is 11.3 Å². The van der Waals surface area contributed by atoms with Gasteiger partial charge in [0.05, 0.1) is 17.9 Å². The van der Waals surface area contributed by atoms with Gasteiger partial charge in [0.15, 0.2) is 0 Å². The second-order valence-corrected chi connectivity index (χ2v) is 5.32. The zero-order valence-corrected chi connectivity index (χ0v) is 11.9. The summed E-state index contributed by atoms with van der Waals surface area (Å²) in [6.07, 6.45) is -2.31. The molecule has 0 saturated carbocycles. The lowest BCUT2D eigenvalue weighted by atomic mass is 9.91. The number of aromatic nitrogens is 1. The molecule has 0 aromatic carbocycles. The van der Waals surface area contributed by atoms with Gasteiger partial charge in [-0.1, -0.05) is 0 Å². The first kappa shape index (κ1) is 16.8. The maximum absolute atomic E-state index is 12.1. The number of ether oxygens (including phenoxy) is 1. The topological polar surface area (TPSA) is 42.4 Å². The lowest BCUT2D eigenvalue weighted by molar-refractivity contribution is -0.137. The molecule has 0 spiro atoms. The van der Waals surface area contributed by atoms with E-state index in [1.54, 1.807) is 6.07 Å². The van der Waals surface area contributed by atoms with E-state index >= 15 is 0 Å². The van der Waals surface area contributed by atoms with E-state index < -0.39 is 18.2 Å². The molecule has 1 aromatic heterocycles. The van der Waals surface area contributed by atoms with Gasteiger partial charge in [-0.2, -0.15) is 13.2 Å². The van der Waals surface area contributed by atoms with Crippen LogP contribution in [0.25, 0.3) is 0 Å². The van der Waals surface area contributed by atoms with E-state index in [1.165, 1.54) is 19.3 Å². The number of hydrogen-bond donors (Lipinski definition) is 1. The van der Waals surface area contributed by atoms with Crippen LogP contribution in [0.3, 0.4) is 0 Å². The Morgan fingerprint density at radius 1 is 1.25 bits per heavy atom. The Hall–Kier alpha value is -1.30. The third kappa shape index (κ3) is 5.77. The first-order chi connectivity index (χ1) is 9.10. The van der Waals surface area contributed by atoms with Crippen molar-refractivity contribution in [3.63, 3.8) is 0 Å². The number of aliphatic hydroxyl groups is 1. The quantitative estimate of drug-likeness (QED) is 0.866. The van der Waals surface area contributed by atoms with Crippen LogP contribution < -0.4 is 4.74 Å². The van der Waals surface area contributed by atoms with Crippen molar-refractivity contribution in [2.45, 2.75) is 57.9 Å². The zero-order valence-electron chi connectivity index (χ0n) is 11.9. The fraction of sp³-hybridized carbons (Fsp3) is 0.643. The summed E-state index contributed by atoms with van der Waals surface area (Å²) in [6.45, 7) is 5.20. The maximum atomic E-state index is 12.1. The number of pyridine rings is 1. The largest absolute Gasteiger partial charge is 0.489 e. The van der Waals surface area contributed by atoms with Gasteiger partial charge in [-0.3, -0.25) is 4.98 Å². The average molecular weight is 291 g/mol. The van der Waals surface area contributed by atoms with Crippen molar-refractivity contribution < 1.29 is 23.0 Å². The van der Waals surface area contributed by atoms with Crippen LogP contribution >= 0.6 is 0 Å². The van der Waals surface area contributed by atoms with Crippen molar-refractivity contribution in [3.05, 3.63) is 24.0 Å². The Balaban J connectivity index is 2.71. The molecule has 0 aliphatic rings. The number of nitrogens with zero attached hydrogens (tertiary/aromatic N) is 1. The van der Waals surface area contributed by atoms with Gasteiger partial charge in [-0.15, -0.1) is 0 Å². The number of halogens is 3. The Morgan fingerprint density at radius 3 is 2.45 bits per heavy atom. The fourth-order valence-electron chi connectivity index (χ4n) is 1.83. The van der Waals surface area contributed by atoms with E-state index in [2.05, 4.69) is 4.98 Å². The standard InChI is InChI=1S/C14H20F3NO2/c1-10(2)20-12-7-11(8-18-9-12)13(3,19)5-4-6-14(15,16)17/h7-10,19H,4-6H2,1-3H3. The minimum absolute atomic E-state index is 0.0132. The van der Waals surface area contributed by atoms with Crippen LogP contribution in [0.2, 0.25) is 0 Å². The monoisotopic (exact) mass is 291 g/mol. The normalized spacial score (nSPS) is 15.2. The van der Waals surface area contributed by atoms with Crippen molar-refractivity contribution >= 4 is 0 Å². The van der Waals surface area contributed by atoms with Crippen molar-refractivity contribution in [3.8, 4) is 5.75 Å². The van der Waals surface area contributed by atoms with Gasteiger partial charge in [0.25, 0.3) is 0 Å². The van der Waals surface area contributed by atoms with Crippen LogP contribution in [0.5, 0.6) is 5.75 Å². The molecule has 6 heteroatoms. The Kier molecular flexibility index (Phi) is 5.39. The van der Waals surface area contributed by atoms with Crippen molar-refractivity contribution in [2.75, 3.05) is 0 Å². The van der Waals surface area contributed by atoms with Crippen LogP contribution in [0, 0.1) is 0 Å². The maximum Gasteiger partial charge on any atom is 0.389 e. The third-order valence-corrected chi connectivity index (χ3v) is 2.83. The fourth-order valence-corrected chi connectivity index (χ4v) is 1.83. The van der Waals surface area contributed by atoms with Gasteiger partial charge in [0.2, 0.25) is 0 Å². The summed E-state index contributed by atoms with van der Waals surface area (Å²) in [6, 6.07) is 1.61. The highest BCUT2D eigenvalue weighted by atomic mass is 19.4. The number of hydrogen-bond acceptors (Lipinski definition) is 3. The van der Waals surface area contributed by atoms with Crippen LogP contribution in [0.1, 0.15) is 45.6 Å². The van der Waals surface area contributed by atoms with Gasteiger partial charge in [0.1, 0.15) is 5.75 Å². The van der Waals surface area contributed by atoms with Crippen molar-refractivity contribution in [1.29, 1.82) is 0 Å². The van der Waals surface area contributed by atoms with Gasteiger partial charge >= 0.3 is 6.18 Å².